The largest absolute Gasteiger partial charge is 0.381 e. The SMILES string of the molecule is O=C(NCC1CCOCC1)C1CN(c2ccc(F)cc2)CCN1. The first kappa shape index (κ1) is 16.2. The quantitative estimate of drug-likeness (QED) is 0.873. The molecule has 0 radical (unpaired) electrons. The Morgan fingerprint density at radius 2 is 2.04 bits per heavy atom. The Morgan fingerprint density at radius 1 is 1.30 bits per heavy atom. The van der Waals surface area contributed by atoms with Crippen LogP contribution in [0.5, 0.6) is 0 Å². The van der Waals surface area contributed by atoms with Crippen molar-refractivity contribution in [3.63, 3.8) is 0 Å². The molecule has 2 aliphatic heterocycles. The highest BCUT2D eigenvalue weighted by Crippen LogP contribution is 2.17. The third-order valence-corrected chi connectivity index (χ3v) is 4.59. The number of hydrogen-bond donors (Lipinski definition) is 2. The van der Waals surface area contributed by atoms with E-state index in [1.165, 1.54) is 12.1 Å². The summed E-state index contributed by atoms with van der Waals surface area (Å²) < 4.78 is 18.4. The number of carbonyl (C=O) groups excluding carboxylic acids is 1. The minimum Gasteiger partial charge on any atom is -0.381 e. The first-order valence-electron chi connectivity index (χ1n) is 8.32. The Morgan fingerprint density at radius 3 is 2.78 bits per heavy atom. The molecule has 2 saturated heterocycles. The highest BCUT2D eigenvalue weighted by Gasteiger charge is 2.26. The summed E-state index contributed by atoms with van der Waals surface area (Å²) in [6, 6.07) is 6.21. The van der Waals surface area contributed by atoms with Crippen LogP contribution in [0.4, 0.5) is 10.1 Å². The molecular weight excluding hydrogens is 297 g/mol. The molecular formula is C17H24FN3O2. The van der Waals surface area contributed by atoms with E-state index < -0.39 is 0 Å². The lowest BCUT2D eigenvalue weighted by atomic mass is 10.0. The molecule has 5 nitrogen and oxygen atoms in total. The number of amides is 1. The van der Waals surface area contributed by atoms with Crippen molar-refractivity contribution < 1.29 is 13.9 Å². The van der Waals surface area contributed by atoms with Gasteiger partial charge in [-0.2, -0.15) is 0 Å². The Kier molecular flexibility index (Phi) is 5.46. The van der Waals surface area contributed by atoms with Gasteiger partial charge in [-0.1, -0.05) is 0 Å². The smallest absolute Gasteiger partial charge is 0.238 e. The average molecular weight is 321 g/mol. The predicted molar refractivity (Wildman–Crippen MR) is 87.0 cm³/mol. The highest BCUT2D eigenvalue weighted by atomic mass is 19.1. The molecule has 2 N–H and O–H groups in total. The molecule has 1 aromatic carbocycles. The zero-order valence-electron chi connectivity index (χ0n) is 13.3. The minimum absolute atomic E-state index is 0.0447. The molecule has 2 heterocycles. The van der Waals surface area contributed by atoms with Crippen molar-refractivity contribution in [3.8, 4) is 0 Å². The van der Waals surface area contributed by atoms with E-state index in [1.807, 2.05) is 0 Å². The van der Waals surface area contributed by atoms with Crippen LogP contribution in [-0.4, -0.2) is 51.3 Å². The molecule has 0 aliphatic carbocycles. The fourth-order valence-electron chi connectivity index (χ4n) is 3.13. The van der Waals surface area contributed by atoms with Crippen LogP contribution in [-0.2, 0) is 9.53 Å². The number of nitrogens with one attached hydrogen (secondary N) is 2. The van der Waals surface area contributed by atoms with E-state index in [1.54, 1.807) is 12.1 Å². The van der Waals surface area contributed by atoms with Crippen LogP contribution >= 0.6 is 0 Å². The number of benzene rings is 1. The van der Waals surface area contributed by atoms with Crippen LogP contribution in [0.1, 0.15) is 12.8 Å². The van der Waals surface area contributed by atoms with Gasteiger partial charge in [-0.15, -0.1) is 0 Å². The van der Waals surface area contributed by atoms with Crippen molar-refractivity contribution in [3.05, 3.63) is 30.1 Å². The van der Waals surface area contributed by atoms with Gasteiger partial charge in [0.2, 0.25) is 5.91 Å². The summed E-state index contributed by atoms with van der Waals surface area (Å²) in [5.74, 6) is 0.322. The van der Waals surface area contributed by atoms with Gasteiger partial charge in [-0.05, 0) is 43.0 Å². The number of halogens is 1. The van der Waals surface area contributed by atoms with Crippen LogP contribution in [0.25, 0.3) is 0 Å². The van der Waals surface area contributed by atoms with Gasteiger partial charge in [-0.25, -0.2) is 4.39 Å². The van der Waals surface area contributed by atoms with Gasteiger partial charge in [-0.3, -0.25) is 4.79 Å². The van der Waals surface area contributed by atoms with E-state index in [-0.39, 0.29) is 17.8 Å². The van der Waals surface area contributed by atoms with Gasteiger partial charge in [0.25, 0.3) is 0 Å². The zero-order valence-corrected chi connectivity index (χ0v) is 13.3. The molecule has 2 fully saturated rings. The van der Waals surface area contributed by atoms with Gasteiger partial charge in [0, 0.05) is 45.1 Å². The van der Waals surface area contributed by atoms with E-state index in [4.69, 9.17) is 4.74 Å². The summed E-state index contributed by atoms with van der Waals surface area (Å²) in [5, 5.41) is 6.32. The molecule has 0 bridgehead atoms. The van der Waals surface area contributed by atoms with Gasteiger partial charge in [0.15, 0.2) is 0 Å². The summed E-state index contributed by atoms with van der Waals surface area (Å²) in [6.45, 7) is 4.46. The predicted octanol–water partition coefficient (Wildman–Crippen LogP) is 1.15. The maximum Gasteiger partial charge on any atom is 0.238 e. The number of anilines is 1. The lowest BCUT2D eigenvalue weighted by Gasteiger charge is -2.35. The normalized spacial score (nSPS) is 22.8. The number of ether oxygens (including phenoxy) is 1. The van der Waals surface area contributed by atoms with Crippen LogP contribution in [0.3, 0.4) is 0 Å². The van der Waals surface area contributed by atoms with Crippen molar-refractivity contribution in [1.82, 2.24) is 10.6 Å². The van der Waals surface area contributed by atoms with Crippen LogP contribution in [0.2, 0.25) is 0 Å². The molecule has 0 aromatic heterocycles. The fraction of sp³-hybridized carbons (Fsp3) is 0.588. The first-order valence-corrected chi connectivity index (χ1v) is 8.32. The topological polar surface area (TPSA) is 53.6 Å². The summed E-state index contributed by atoms with van der Waals surface area (Å²) >= 11 is 0. The van der Waals surface area contributed by atoms with E-state index in [0.717, 1.165) is 51.4 Å². The summed E-state index contributed by atoms with van der Waals surface area (Å²) in [6.07, 6.45) is 2.03. The van der Waals surface area contributed by atoms with Crippen molar-refractivity contribution in [2.75, 3.05) is 44.3 Å². The summed E-state index contributed by atoms with van der Waals surface area (Å²) in [4.78, 5) is 14.5. The number of nitrogens with zero attached hydrogens (tertiary/aromatic N) is 1. The second-order valence-corrected chi connectivity index (χ2v) is 6.23. The molecule has 3 rings (SSSR count). The Bertz CT molecular complexity index is 517. The number of carbonyl (C=O) groups is 1. The van der Waals surface area contributed by atoms with Crippen LogP contribution in [0, 0.1) is 11.7 Å². The van der Waals surface area contributed by atoms with E-state index in [9.17, 15) is 9.18 Å². The molecule has 0 saturated carbocycles. The second-order valence-electron chi connectivity index (χ2n) is 6.23. The van der Waals surface area contributed by atoms with Gasteiger partial charge in [0.1, 0.15) is 11.9 Å². The first-order chi connectivity index (χ1) is 11.2. The van der Waals surface area contributed by atoms with Gasteiger partial charge >= 0.3 is 0 Å². The number of hydrogen-bond acceptors (Lipinski definition) is 4. The molecule has 2 aliphatic rings. The Labute approximate surface area is 136 Å². The number of rotatable bonds is 4. The molecule has 6 heteroatoms. The molecule has 1 amide bonds. The van der Waals surface area contributed by atoms with Crippen molar-refractivity contribution >= 4 is 11.6 Å². The van der Waals surface area contributed by atoms with E-state index in [2.05, 4.69) is 15.5 Å². The van der Waals surface area contributed by atoms with E-state index in [0.29, 0.717) is 12.5 Å². The maximum atomic E-state index is 13.0. The third kappa shape index (κ3) is 4.42. The van der Waals surface area contributed by atoms with E-state index >= 15 is 0 Å². The van der Waals surface area contributed by atoms with Crippen molar-refractivity contribution in [2.45, 2.75) is 18.9 Å². The highest BCUT2D eigenvalue weighted by molar-refractivity contribution is 5.82. The third-order valence-electron chi connectivity index (χ3n) is 4.59. The Balaban J connectivity index is 1.51. The fourth-order valence-corrected chi connectivity index (χ4v) is 3.13. The molecule has 0 spiro atoms. The standard InChI is InChI=1S/C17H24FN3O2/c18-14-1-3-15(4-2-14)21-8-7-19-16(12-21)17(22)20-11-13-5-9-23-10-6-13/h1-4,13,16,19H,5-12H2,(H,20,22). The average Bonchev–Trinajstić information content (AvgIpc) is 2.61. The summed E-state index contributed by atoms with van der Waals surface area (Å²) in [5.41, 5.74) is 0.954. The van der Waals surface area contributed by atoms with Crippen molar-refractivity contribution in [1.29, 1.82) is 0 Å². The molecule has 1 aromatic rings. The number of piperazine rings is 1. The molecule has 1 unspecified atom stereocenters. The lowest BCUT2D eigenvalue weighted by Crippen LogP contribution is -2.57. The lowest BCUT2D eigenvalue weighted by molar-refractivity contribution is -0.123. The van der Waals surface area contributed by atoms with Crippen LogP contribution in [0.15, 0.2) is 24.3 Å². The van der Waals surface area contributed by atoms with Crippen LogP contribution < -0.4 is 15.5 Å². The molecule has 126 valence electrons. The minimum atomic E-state index is -0.241. The van der Waals surface area contributed by atoms with Crippen molar-refractivity contribution in [2.24, 2.45) is 5.92 Å². The monoisotopic (exact) mass is 321 g/mol. The second kappa shape index (κ2) is 7.75. The van der Waals surface area contributed by atoms with Gasteiger partial charge < -0.3 is 20.3 Å². The molecule has 1 atom stereocenters. The van der Waals surface area contributed by atoms with Gasteiger partial charge in [0.05, 0.1) is 0 Å². The summed E-state index contributed by atoms with van der Waals surface area (Å²) in [7, 11) is 0. The molecule has 23 heavy (non-hydrogen) atoms. The maximum absolute atomic E-state index is 13.0. The zero-order chi connectivity index (χ0) is 16.1. The Hall–Kier alpha value is -1.66.